The SMILES string of the molecule is Cc1csc(CN2CCN(C(=O)c3cc4ccccc4oc3=O)CC2)n1. The number of fused-ring (bicyclic) bond motifs is 1. The summed E-state index contributed by atoms with van der Waals surface area (Å²) in [5.41, 5.74) is 1.07. The van der Waals surface area contributed by atoms with Crippen LogP contribution in [0.3, 0.4) is 0 Å². The Labute approximate surface area is 154 Å². The monoisotopic (exact) mass is 369 g/mol. The van der Waals surface area contributed by atoms with Crippen molar-refractivity contribution in [3.63, 3.8) is 0 Å². The number of thiazole rings is 1. The summed E-state index contributed by atoms with van der Waals surface area (Å²) in [6.45, 7) is 5.52. The Balaban J connectivity index is 1.45. The second-order valence-corrected chi connectivity index (χ2v) is 7.38. The van der Waals surface area contributed by atoms with E-state index in [0.717, 1.165) is 35.7 Å². The van der Waals surface area contributed by atoms with Gasteiger partial charge in [-0.15, -0.1) is 11.3 Å². The number of piperazine rings is 1. The van der Waals surface area contributed by atoms with Gasteiger partial charge in [-0.1, -0.05) is 18.2 Å². The molecule has 0 bridgehead atoms. The zero-order chi connectivity index (χ0) is 18.1. The lowest BCUT2D eigenvalue weighted by Crippen LogP contribution is -2.49. The first-order valence-corrected chi connectivity index (χ1v) is 9.43. The number of rotatable bonds is 3. The molecule has 3 aromatic rings. The maximum atomic E-state index is 12.8. The average molecular weight is 369 g/mol. The van der Waals surface area contributed by atoms with Gasteiger partial charge in [0.05, 0.1) is 6.54 Å². The van der Waals surface area contributed by atoms with Crippen molar-refractivity contribution in [2.45, 2.75) is 13.5 Å². The molecule has 1 amide bonds. The number of nitrogens with zero attached hydrogens (tertiary/aromatic N) is 3. The fourth-order valence-corrected chi connectivity index (χ4v) is 3.97. The van der Waals surface area contributed by atoms with Crippen molar-refractivity contribution >= 4 is 28.2 Å². The van der Waals surface area contributed by atoms with Gasteiger partial charge >= 0.3 is 5.63 Å². The van der Waals surface area contributed by atoms with Crippen molar-refractivity contribution in [1.82, 2.24) is 14.8 Å². The van der Waals surface area contributed by atoms with Crippen LogP contribution >= 0.6 is 11.3 Å². The number of carbonyl (C=O) groups is 1. The first-order valence-electron chi connectivity index (χ1n) is 8.56. The number of carbonyl (C=O) groups excluding carboxylic acids is 1. The minimum atomic E-state index is -0.575. The maximum Gasteiger partial charge on any atom is 0.349 e. The standard InChI is InChI=1S/C19H19N3O3S/c1-13-12-26-17(20-13)11-21-6-8-22(9-7-21)18(23)15-10-14-4-2-3-5-16(14)25-19(15)24/h2-5,10,12H,6-9,11H2,1H3. The third-order valence-corrected chi connectivity index (χ3v) is 5.51. The van der Waals surface area contributed by atoms with E-state index in [1.807, 2.05) is 24.4 Å². The highest BCUT2D eigenvalue weighted by Gasteiger charge is 2.25. The topological polar surface area (TPSA) is 66.7 Å². The zero-order valence-corrected chi connectivity index (χ0v) is 15.3. The molecule has 0 N–H and O–H groups in total. The van der Waals surface area contributed by atoms with Crippen molar-refractivity contribution < 1.29 is 9.21 Å². The Kier molecular flexibility index (Phi) is 4.57. The molecule has 0 spiro atoms. The van der Waals surface area contributed by atoms with E-state index in [-0.39, 0.29) is 11.5 Å². The van der Waals surface area contributed by atoms with Crippen LogP contribution in [0.5, 0.6) is 0 Å². The summed E-state index contributed by atoms with van der Waals surface area (Å²) in [6, 6.07) is 8.85. The Hall–Kier alpha value is -2.51. The van der Waals surface area contributed by atoms with Crippen LogP contribution in [-0.2, 0) is 6.54 Å². The second-order valence-electron chi connectivity index (χ2n) is 6.44. The zero-order valence-electron chi connectivity index (χ0n) is 14.5. The van der Waals surface area contributed by atoms with Gasteiger partial charge in [0.15, 0.2) is 0 Å². The van der Waals surface area contributed by atoms with Gasteiger partial charge in [-0.05, 0) is 19.1 Å². The molecule has 1 fully saturated rings. The number of benzene rings is 1. The number of aryl methyl sites for hydroxylation is 1. The molecule has 0 saturated carbocycles. The van der Waals surface area contributed by atoms with Gasteiger partial charge in [0.25, 0.3) is 5.91 Å². The van der Waals surface area contributed by atoms with E-state index < -0.39 is 5.63 Å². The van der Waals surface area contributed by atoms with Gasteiger partial charge in [0, 0.05) is 42.6 Å². The van der Waals surface area contributed by atoms with Gasteiger partial charge in [-0.25, -0.2) is 9.78 Å². The first-order chi connectivity index (χ1) is 12.6. The summed E-state index contributed by atoms with van der Waals surface area (Å²) < 4.78 is 5.29. The highest BCUT2D eigenvalue weighted by Crippen LogP contribution is 2.16. The largest absolute Gasteiger partial charge is 0.422 e. The summed E-state index contributed by atoms with van der Waals surface area (Å²) >= 11 is 1.66. The van der Waals surface area contributed by atoms with Gasteiger partial charge in [-0.3, -0.25) is 9.69 Å². The lowest BCUT2D eigenvalue weighted by Gasteiger charge is -2.34. The smallest absolute Gasteiger partial charge is 0.349 e. The van der Waals surface area contributed by atoms with Gasteiger partial charge in [0.2, 0.25) is 0 Å². The maximum absolute atomic E-state index is 12.8. The van der Waals surface area contributed by atoms with Crippen molar-refractivity contribution in [3.05, 3.63) is 62.4 Å². The first kappa shape index (κ1) is 16.9. The molecule has 26 heavy (non-hydrogen) atoms. The number of aromatic nitrogens is 1. The minimum Gasteiger partial charge on any atom is -0.422 e. The van der Waals surface area contributed by atoms with E-state index >= 15 is 0 Å². The van der Waals surface area contributed by atoms with Crippen LogP contribution in [0.25, 0.3) is 11.0 Å². The van der Waals surface area contributed by atoms with Crippen LogP contribution in [0.15, 0.2) is 44.9 Å². The Bertz CT molecular complexity index is 1000. The third-order valence-electron chi connectivity index (χ3n) is 4.56. The molecule has 0 aliphatic carbocycles. The Morgan fingerprint density at radius 1 is 1.23 bits per heavy atom. The fourth-order valence-electron chi connectivity index (χ4n) is 3.16. The summed E-state index contributed by atoms with van der Waals surface area (Å²) in [6.07, 6.45) is 0. The molecule has 0 unspecified atom stereocenters. The van der Waals surface area contributed by atoms with Gasteiger partial charge in [-0.2, -0.15) is 0 Å². The summed E-state index contributed by atoms with van der Waals surface area (Å²) in [5, 5.41) is 3.90. The highest BCUT2D eigenvalue weighted by atomic mass is 32.1. The van der Waals surface area contributed by atoms with Gasteiger partial charge < -0.3 is 9.32 Å². The quantitative estimate of drug-likeness (QED) is 0.664. The molecular formula is C19H19N3O3S. The minimum absolute atomic E-state index is 0.104. The molecule has 1 aromatic carbocycles. The number of amides is 1. The molecule has 134 valence electrons. The van der Waals surface area contributed by atoms with Crippen LogP contribution in [0.4, 0.5) is 0 Å². The van der Waals surface area contributed by atoms with Crippen molar-refractivity contribution in [1.29, 1.82) is 0 Å². The van der Waals surface area contributed by atoms with Crippen LogP contribution in [0, 0.1) is 6.92 Å². The molecule has 7 heteroatoms. The van der Waals surface area contributed by atoms with Crippen molar-refractivity contribution in [2.75, 3.05) is 26.2 Å². The number of hydrogen-bond acceptors (Lipinski definition) is 6. The van der Waals surface area contributed by atoms with Crippen LogP contribution in [-0.4, -0.2) is 46.9 Å². The molecule has 2 aromatic heterocycles. The normalized spacial score (nSPS) is 15.5. The summed E-state index contributed by atoms with van der Waals surface area (Å²) in [4.78, 5) is 33.5. The third kappa shape index (κ3) is 3.40. The summed E-state index contributed by atoms with van der Waals surface area (Å²) in [7, 11) is 0. The molecule has 6 nitrogen and oxygen atoms in total. The van der Waals surface area contributed by atoms with E-state index in [0.29, 0.717) is 18.7 Å². The van der Waals surface area contributed by atoms with Crippen LogP contribution in [0.2, 0.25) is 0 Å². The Morgan fingerprint density at radius 3 is 2.73 bits per heavy atom. The van der Waals surface area contributed by atoms with E-state index in [1.165, 1.54) is 0 Å². The van der Waals surface area contributed by atoms with E-state index in [9.17, 15) is 9.59 Å². The number of para-hydroxylation sites is 1. The van der Waals surface area contributed by atoms with Crippen molar-refractivity contribution in [3.8, 4) is 0 Å². The average Bonchev–Trinajstić information content (AvgIpc) is 3.06. The number of hydrogen-bond donors (Lipinski definition) is 0. The molecule has 1 saturated heterocycles. The molecular weight excluding hydrogens is 350 g/mol. The second kappa shape index (κ2) is 7.01. The molecule has 0 radical (unpaired) electrons. The van der Waals surface area contributed by atoms with Crippen LogP contribution in [0.1, 0.15) is 21.1 Å². The predicted octanol–water partition coefficient (Wildman–Crippen LogP) is 2.52. The lowest BCUT2D eigenvalue weighted by molar-refractivity contribution is 0.0624. The predicted molar refractivity (Wildman–Crippen MR) is 101 cm³/mol. The van der Waals surface area contributed by atoms with E-state index in [4.69, 9.17) is 4.42 Å². The van der Waals surface area contributed by atoms with Gasteiger partial charge in [0.1, 0.15) is 16.2 Å². The van der Waals surface area contributed by atoms with Crippen molar-refractivity contribution in [2.24, 2.45) is 0 Å². The van der Waals surface area contributed by atoms with E-state index in [1.54, 1.807) is 34.4 Å². The Morgan fingerprint density at radius 2 is 2.00 bits per heavy atom. The van der Waals surface area contributed by atoms with Crippen LogP contribution < -0.4 is 5.63 Å². The molecule has 4 rings (SSSR count). The molecule has 1 aliphatic rings. The molecule has 3 heterocycles. The lowest BCUT2D eigenvalue weighted by atomic mass is 10.1. The summed E-state index contributed by atoms with van der Waals surface area (Å²) in [5.74, 6) is -0.255. The van der Waals surface area contributed by atoms with E-state index in [2.05, 4.69) is 9.88 Å². The fraction of sp³-hybridized carbons (Fsp3) is 0.316. The highest BCUT2D eigenvalue weighted by molar-refractivity contribution is 7.09. The molecule has 1 aliphatic heterocycles. The molecule has 0 atom stereocenters.